The molecular formula is C23H31ClN2O4S. The number of rotatable bonds is 11. The number of carbonyl (C=O) groups excluding carboxylic acids is 1. The van der Waals surface area contributed by atoms with Crippen molar-refractivity contribution in [2.75, 3.05) is 24.2 Å². The normalized spacial score (nSPS) is 12.5. The topological polar surface area (TPSA) is 75.7 Å². The van der Waals surface area contributed by atoms with Crippen LogP contribution in [0.3, 0.4) is 0 Å². The molecule has 0 aliphatic heterocycles. The van der Waals surface area contributed by atoms with E-state index in [1.807, 2.05) is 30.3 Å². The fraction of sp³-hybridized carbons (Fsp3) is 0.435. The summed E-state index contributed by atoms with van der Waals surface area (Å²) in [6.45, 7) is 4.41. The van der Waals surface area contributed by atoms with Crippen molar-refractivity contribution in [3.63, 3.8) is 0 Å². The number of hydrogen-bond acceptors (Lipinski definition) is 4. The zero-order valence-corrected chi connectivity index (χ0v) is 20.0. The van der Waals surface area contributed by atoms with Crippen molar-refractivity contribution in [3.05, 3.63) is 59.1 Å². The maximum atomic E-state index is 12.6. The highest BCUT2D eigenvalue weighted by Crippen LogP contribution is 2.30. The lowest BCUT2D eigenvalue weighted by atomic mass is 9.97. The zero-order chi connectivity index (χ0) is 23.0. The summed E-state index contributed by atoms with van der Waals surface area (Å²) < 4.78 is 31.0. The predicted octanol–water partition coefficient (Wildman–Crippen LogP) is 4.80. The van der Waals surface area contributed by atoms with E-state index in [9.17, 15) is 13.2 Å². The monoisotopic (exact) mass is 466 g/mol. The molecule has 0 aromatic heterocycles. The van der Waals surface area contributed by atoms with E-state index < -0.39 is 10.0 Å². The number of anilines is 1. The summed E-state index contributed by atoms with van der Waals surface area (Å²) in [5.74, 6) is 0.789. The number of nitrogens with one attached hydrogen (secondary N) is 1. The molecule has 2 aromatic rings. The average molecular weight is 467 g/mol. The van der Waals surface area contributed by atoms with Gasteiger partial charge in [-0.15, -0.1) is 0 Å². The summed E-state index contributed by atoms with van der Waals surface area (Å²) in [6.07, 6.45) is 2.57. The molecule has 0 radical (unpaired) electrons. The number of carbonyl (C=O) groups is 1. The Labute approximate surface area is 190 Å². The molecule has 1 atom stereocenters. The second kappa shape index (κ2) is 11.4. The Kier molecular flexibility index (Phi) is 9.19. The van der Waals surface area contributed by atoms with Crippen molar-refractivity contribution in [2.24, 2.45) is 5.92 Å². The number of benzene rings is 2. The molecule has 2 rings (SSSR count). The van der Waals surface area contributed by atoms with Gasteiger partial charge in [-0.1, -0.05) is 55.8 Å². The predicted molar refractivity (Wildman–Crippen MR) is 126 cm³/mol. The van der Waals surface area contributed by atoms with E-state index in [0.29, 0.717) is 28.8 Å². The quantitative estimate of drug-likeness (QED) is 0.516. The highest BCUT2D eigenvalue weighted by molar-refractivity contribution is 7.92. The van der Waals surface area contributed by atoms with Gasteiger partial charge in [-0.2, -0.15) is 0 Å². The number of amides is 1. The van der Waals surface area contributed by atoms with Gasteiger partial charge in [0.05, 0.1) is 30.1 Å². The first-order chi connectivity index (χ1) is 14.6. The number of ether oxygens (including phenoxy) is 1. The molecule has 0 fully saturated rings. The molecule has 0 spiro atoms. The van der Waals surface area contributed by atoms with E-state index in [0.717, 1.165) is 18.2 Å². The average Bonchev–Trinajstić information content (AvgIpc) is 2.70. The summed E-state index contributed by atoms with van der Waals surface area (Å²) in [6, 6.07) is 14.6. The first-order valence-electron chi connectivity index (χ1n) is 10.3. The van der Waals surface area contributed by atoms with Crippen molar-refractivity contribution >= 4 is 33.2 Å². The number of halogens is 1. The molecule has 0 saturated heterocycles. The second-order valence-electron chi connectivity index (χ2n) is 7.92. The lowest BCUT2D eigenvalue weighted by molar-refractivity contribution is -0.122. The van der Waals surface area contributed by atoms with Gasteiger partial charge in [0.25, 0.3) is 0 Å². The largest absolute Gasteiger partial charge is 0.495 e. The van der Waals surface area contributed by atoms with Gasteiger partial charge < -0.3 is 10.1 Å². The SMILES string of the molecule is COc1ccc(N(CCCC(=O)NC(CC(C)C)c2ccccc2)S(C)(=O)=O)cc1Cl. The van der Waals surface area contributed by atoms with Crippen LogP contribution in [0.4, 0.5) is 5.69 Å². The van der Waals surface area contributed by atoms with Crippen molar-refractivity contribution in [3.8, 4) is 5.75 Å². The zero-order valence-electron chi connectivity index (χ0n) is 18.5. The van der Waals surface area contributed by atoms with Crippen LogP contribution >= 0.6 is 11.6 Å². The summed E-state index contributed by atoms with van der Waals surface area (Å²) in [4.78, 5) is 12.6. The Hall–Kier alpha value is -2.25. The molecule has 2 aromatic carbocycles. The van der Waals surface area contributed by atoms with E-state index in [2.05, 4.69) is 19.2 Å². The fourth-order valence-electron chi connectivity index (χ4n) is 3.38. The third kappa shape index (κ3) is 7.74. The van der Waals surface area contributed by atoms with E-state index >= 15 is 0 Å². The van der Waals surface area contributed by atoms with Gasteiger partial charge in [-0.25, -0.2) is 8.42 Å². The molecule has 6 nitrogen and oxygen atoms in total. The third-order valence-electron chi connectivity index (χ3n) is 4.83. The van der Waals surface area contributed by atoms with Gasteiger partial charge in [0.15, 0.2) is 0 Å². The molecule has 0 heterocycles. The molecule has 0 aliphatic rings. The number of methoxy groups -OCH3 is 1. The minimum Gasteiger partial charge on any atom is -0.495 e. The van der Waals surface area contributed by atoms with Gasteiger partial charge in [0.1, 0.15) is 5.75 Å². The standard InChI is InChI=1S/C23H31ClN2O4S/c1-17(2)15-21(18-9-6-5-7-10-18)25-23(27)11-8-14-26(31(4,28)29)19-12-13-22(30-3)20(24)16-19/h5-7,9-10,12-13,16-17,21H,8,11,14-15H2,1-4H3,(H,25,27). The van der Waals surface area contributed by atoms with Gasteiger partial charge in [-0.3, -0.25) is 9.10 Å². The maximum absolute atomic E-state index is 12.6. The summed E-state index contributed by atoms with van der Waals surface area (Å²) in [5, 5.41) is 3.42. The molecule has 0 aliphatic carbocycles. The molecular weight excluding hydrogens is 436 g/mol. The minimum atomic E-state index is -3.53. The Bertz CT molecular complexity index is 965. The Balaban J connectivity index is 2.02. The van der Waals surface area contributed by atoms with Crippen LogP contribution < -0.4 is 14.4 Å². The lowest BCUT2D eigenvalue weighted by Gasteiger charge is -2.24. The highest BCUT2D eigenvalue weighted by atomic mass is 35.5. The van der Waals surface area contributed by atoms with Gasteiger partial charge in [0, 0.05) is 13.0 Å². The number of hydrogen-bond donors (Lipinski definition) is 1. The van der Waals surface area contributed by atoms with Crippen LogP contribution in [-0.4, -0.2) is 34.2 Å². The minimum absolute atomic E-state index is 0.0693. The first-order valence-corrected chi connectivity index (χ1v) is 12.5. The molecule has 8 heteroatoms. The Morgan fingerprint density at radius 2 is 1.84 bits per heavy atom. The molecule has 1 amide bonds. The lowest BCUT2D eigenvalue weighted by Crippen LogP contribution is -2.33. The van der Waals surface area contributed by atoms with Crippen LogP contribution in [0, 0.1) is 5.92 Å². The molecule has 1 unspecified atom stereocenters. The maximum Gasteiger partial charge on any atom is 0.232 e. The molecule has 31 heavy (non-hydrogen) atoms. The molecule has 0 saturated carbocycles. The first kappa shape index (κ1) is 25.0. The Morgan fingerprint density at radius 1 is 1.16 bits per heavy atom. The number of sulfonamides is 1. The van der Waals surface area contributed by atoms with Crippen molar-refractivity contribution in [1.82, 2.24) is 5.32 Å². The van der Waals surface area contributed by atoms with Crippen LogP contribution in [0.1, 0.15) is 44.7 Å². The fourth-order valence-corrected chi connectivity index (χ4v) is 4.59. The van der Waals surface area contributed by atoms with E-state index in [4.69, 9.17) is 16.3 Å². The van der Waals surface area contributed by atoms with Crippen LogP contribution in [0.2, 0.25) is 5.02 Å². The van der Waals surface area contributed by atoms with Gasteiger partial charge in [-0.05, 0) is 42.5 Å². The smallest absolute Gasteiger partial charge is 0.232 e. The van der Waals surface area contributed by atoms with Gasteiger partial charge >= 0.3 is 0 Å². The second-order valence-corrected chi connectivity index (χ2v) is 10.2. The van der Waals surface area contributed by atoms with Crippen molar-refractivity contribution < 1.29 is 17.9 Å². The van der Waals surface area contributed by atoms with E-state index in [1.165, 1.54) is 11.4 Å². The van der Waals surface area contributed by atoms with Gasteiger partial charge in [0.2, 0.25) is 15.9 Å². The van der Waals surface area contributed by atoms with Crippen LogP contribution in [0.15, 0.2) is 48.5 Å². The highest BCUT2D eigenvalue weighted by Gasteiger charge is 2.20. The third-order valence-corrected chi connectivity index (χ3v) is 6.32. The summed E-state index contributed by atoms with van der Waals surface area (Å²) >= 11 is 6.15. The summed E-state index contributed by atoms with van der Waals surface area (Å²) in [5.41, 5.74) is 1.51. The van der Waals surface area contributed by atoms with E-state index in [1.54, 1.807) is 18.2 Å². The van der Waals surface area contributed by atoms with Crippen LogP contribution in [0.25, 0.3) is 0 Å². The van der Waals surface area contributed by atoms with Crippen molar-refractivity contribution in [1.29, 1.82) is 0 Å². The van der Waals surface area contributed by atoms with Crippen LogP contribution in [0.5, 0.6) is 5.75 Å². The summed E-state index contributed by atoms with van der Waals surface area (Å²) in [7, 11) is -2.04. The molecule has 170 valence electrons. The van der Waals surface area contributed by atoms with E-state index in [-0.39, 0.29) is 24.9 Å². The van der Waals surface area contributed by atoms with Crippen molar-refractivity contribution in [2.45, 2.75) is 39.2 Å². The molecule has 1 N–H and O–H groups in total. The number of nitrogens with zero attached hydrogens (tertiary/aromatic N) is 1. The van der Waals surface area contributed by atoms with Crippen LogP contribution in [-0.2, 0) is 14.8 Å². The molecule has 0 bridgehead atoms. The Morgan fingerprint density at radius 3 is 2.39 bits per heavy atom.